The molecule has 0 heterocycles. The number of aromatic hydroxyl groups is 1. The Morgan fingerprint density at radius 1 is 1.20 bits per heavy atom. The first-order valence-electron chi connectivity index (χ1n) is 4.12. The van der Waals surface area contributed by atoms with Crippen LogP contribution in [0.4, 0.5) is 10.1 Å². The summed E-state index contributed by atoms with van der Waals surface area (Å²) in [6.45, 7) is 0. The van der Waals surface area contributed by atoms with Crippen molar-refractivity contribution in [1.82, 2.24) is 4.83 Å². The van der Waals surface area contributed by atoms with Crippen molar-refractivity contribution in [1.29, 1.82) is 0 Å². The second-order valence-electron chi connectivity index (χ2n) is 3.06. The molecule has 0 saturated heterocycles. The maximum atomic E-state index is 13.5. The Bertz CT molecular complexity index is 710. The van der Waals surface area contributed by atoms with Crippen LogP contribution in [0.5, 0.6) is 5.75 Å². The van der Waals surface area contributed by atoms with Gasteiger partial charge in [-0.2, -0.15) is 21.2 Å². The first kappa shape index (κ1) is 19.8. The normalized spacial score (nSPS) is 11.8. The van der Waals surface area contributed by atoms with E-state index < -0.39 is 47.3 Å². The van der Waals surface area contributed by atoms with Crippen LogP contribution in [0.15, 0.2) is 12.1 Å². The first-order chi connectivity index (χ1) is 8.42. The molecule has 0 fully saturated rings. The zero-order valence-electron chi connectivity index (χ0n) is 8.65. The molecule has 0 bridgehead atoms. The van der Waals surface area contributed by atoms with E-state index in [9.17, 15) is 26.3 Å². The fourth-order valence-electron chi connectivity index (χ4n) is 1.01. The van der Waals surface area contributed by atoms with E-state index in [1.807, 2.05) is 0 Å². The summed E-state index contributed by atoms with van der Waals surface area (Å²) in [4.78, 5) is 0.929. The van der Waals surface area contributed by atoms with Crippen LogP contribution in [0.1, 0.15) is 0 Å². The standard InChI is InChI=1S/C6H6ClFN2O7S2.Na.H/c7-3-1-4(8)5(2-6(3)11)10(19(15,16)17)9-18(12,13)14;;/h1-2,9,11H,(H,12,13,14)(H,15,16,17);;. The van der Waals surface area contributed by atoms with Gasteiger partial charge in [0.1, 0.15) is 11.4 Å². The number of nitrogens with one attached hydrogen (secondary N) is 1. The number of phenols is 1. The number of halogens is 2. The van der Waals surface area contributed by atoms with E-state index in [1.54, 1.807) is 0 Å². The van der Waals surface area contributed by atoms with Crippen LogP contribution in [-0.4, -0.2) is 60.6 Å². The van der Waals surface area contributed by atoms with E-state index in [0.29, 0.717) is 12.1 Å². The van der Waals surface area contributed by atoms with Gasteiger partial charge in [-0.1, -0.05) is 16.4 Å². The van der Waals surface area contributed by atoms with Crippen molar-refractivity contribution in [2.24, 2.45) is 0 Å². The number of anilines is 1. The topological polar surface area (TPSA) is 144 Å². The number of hydrazine groups is 1. The molecule has 0 aliphatic heterocycles. The summed E-state index contributed by atoms with van der Waals surface area (Å²) in [5.41, 5.74) is -1.11. The molecule has 0 saturated carbocycles. The van der Waals surface area contributed by atoms with Crippen LogP contribution in [0.3, 0.4) is 0 Å². The molecule has 0 aliphatic rings. The summed E-state index contributed by atoms with van der Waals surface area (Å²) in [5.74, 6) is -2.18. The Kier molecular flexibility index (Phi) is 6.66. The van der Waals surface area contributed by atoms with Gasteiger partial charge in [-0.05, 0) is 6.07 Å². The number of rotatable bonds is 4. The average molecular weight is 361 g/mol. The Balaban J connectivity index is 0.00000361. The Morgan fingerprint density at radius 2 is 1.70 bits per heavy atom. The minimum atomic E-state index is -5.31. The van der Waals surface area contributed by atoms with Crippen molar-refractivity contribution in [3.8, 4) is 5.75 Å². The summed E-state index contributed by atoms with van der Waals surface area (Å²) < 4.78 is 73.0. The molecule has 0 spiro atoms. The molecule has 0 amide bonds. The molecule has 14 heteroatoms. The molecular formula is C6H7ClFN2NaO7S2. The molecule has 0 atom stereocenters. The molecule has 20 heavy (non-hydrogen) atoms. The molecule has 1 aromatic carbocycles. The van der Waals surface area contributed by atoms with Gasteiger partial charge in [0.25, 0.3) is 0 Å². The number of hydrogen-bond donors (Lipinski definition) is 4. The molecule has 4 N–H and O–H groups in total. The second-order valence-corrected chi connectivity index (χ2v) is 5.86. The Hall–Kier alpha value is -0.180. The van der Waals surface area contributed by atoms with Gasteiger partial charge in [0, 0.05) is 6.07 Å². The van der Waals surface area contributed by atoms with Crippen LogP contribution >= 0.6 is 11.6 Å². The molecule has 1 aromatic rings. The van der Waals surface area contributed by atoms with Crippen LogP contribution in [0.25, 0.3) is 0 Å². The van der Waals surface area contributed by atoms with E-state index in [1.165, 1.54) is 0 Å². The summed E-state index contributed by atoms with van der Waals surface area (Å²) >= 11 is 5.33. The SMILES string of the molecule is O=S(=O)(O)NN(c1cc(O)c(Cl)cc1F)S(=O)(=O)O.[NaH]. The van der Waals surface area contributed by atoms with Gasteiger partial charge in [0.05, 0.1) is 5.02 Å². The predicted octanol–water partition coefficient (Wildman–Crippen LogP) is -0.547. The van der Waals surface area contributed by atoms with Gasteiger partial charge < -0.3 is 5.11 Å². The van der Waals surface area contributed by atoms with E-state index >= 15 is 0 Å². The zero-order chi connectivity index (χ0) is 15.0. The molecular weight excluding hydrogens is 354 g/mol. The minimum absolute atomic E-state index is 0. The van der Waals surface area contributed by atoms with Crippen LogP contribution in [0.2, 0.25) is 5.02 Å². The van der Waals surface area contributed by atoms with Gasteiger partial charge in [-0.3, -0.25) is 9.11 Å². The van der Waals surface area contributed by atoms with Crippen molar-refractivity contribution in [3.05, 3.63) is 23.0 Å². The third-order valence-electron chi connectivity index (χ3n) is 1.66. The van der Waals surface area contributed by atoms with Crippen molar-refractivity contribution in [2.45, 2.75) is 0 Å². The van der Waals surface area contributed by atoms with Crippen molar-refractivity contribution < 1.29 is 35.4 Å². The Morgan fingerprint density at radius 3 is 2.10 bits per heavy atom. The number of nitrogens with zero attached hydrogens (tertiary/aromatic N) is 1. The van der Waals surface area contributed by atoms with E-state index in [2.05, 4.69) is 0 Å². The van der Waals surface area contributed by atoms with Gasteiger partial charge in [0.15, 0.2) is 5.82 Å². The quantitative estimate of drug-likeness (QED) is 0.320. The van der Waals surface area contributed by atoms with Crippen LogP contribution in [0, 0.1) is 5.82 Å². The third kappa shape index (κ3) is 5.31. The molecule has 0 aliphatic carbocycles. The summed E-state index contributed by atoms with van der Waals surface area (Å²) in [6, 6.07) is 0.889. The van der Waals surface area contributed by atoms with Crippen LogP contribution in [-0.2, 0) is 20.6 Å². The van der Waals surface area contributed by atoms with Crippen molar-refractivity contribution in [3.63, 3.8) is 0 Å². The van der Waals surface area contributed by atoms with Crippen molar-refractivity contribution in [2.75, 3.05) is 4.41 Å². The van der Waals surface area contributed by atoms with Gasteiger partial charge >= 0.3 is 50.2 Å². The monoisotopic (exact) mass is 360 g/mol. The Labute approximate surface area is 140 Å². The molecule has 9 nitrogen and oxygen atoms in total. The number of phenolic OH excluding ortho intramolecular Hbond substituents is 1. The zero-order valence-corrected chi connectivity index (χ0v) is 11.0. The molecule has 1 rings (SSSR count). The maximum absolute atomic E-state index is 13.5. The summed E-state index contributed by atoms with van der Waals surface area (Å²) in [6.07, 6.45) is 0. The van der Waals surface area contributed by atoms with E-state index in [4.69, 9.17) is 20.7 Å². The first-order valence-corrected chi connectivity index (χ1v) is 7.34. The predicted molar refractivity (Wildman–Crippen MR) is 68.9 cm³/mol. The summed E-state index contributed by atoms with van der Waals surface area (Å²) in [7, 11) is -10.5. The second kappa shape index (κ2) is 6.72. The van der Waals surface area contributed by atoms with Gasteiger partial charge in [-0.15, -0.1) is 0 Å². The molecule has 0 unspecified atom stereocenters. The van der Waals surface area contributed by atoms with Gasteiger partial charge in [0.2, 0.25) is 0 Å². The molecule has 0 aromatic heterocycles. The van der Waals surface area contributed by atoms with E-state index in [0.717, 1.165) is 4.83 Å². The fourth-order valence-corrected chi connectivity index (χ4v) is 2.51. The number of hydrogen-bond acceptors (Lipinski definition) is 5. The summed E-state index contributed by atoms with van der Waals surface area (Å²) in [5, 5.41) is 8.71. The van der Waals surface area contributed by atoms with Gasteiger partial charge in [-0.25, -0.2) is 4.39 Å². The third-order valence-corrected chi connectivity index (χ3v) is 3.25. The van der Waals surface area contributed by atoms with Crippen molar-refractivity contribution >= 4 is 67.5 Å². The average Bonchev–Trinajstić information content (AvgIpc) is 2.17. The number of benzene rings is 1. The van der Waals surface area contributed by atoms with Crippen LogP contribution < -0.4 is 9.25 Å². The van der Waals surface area contributed by atoms with E-state index in [-0.39, 0.29) is 29.6 Å². The molecule has 0 radical (unpaired) electrons. The fraction of sp³-hybridized carbons (Fsp3) is 0. The molecule has 110 valence electrons.